The lowest BCUT2D eigenvalue weighted by molar-refractivity contribution is 0.104. The number of nitrogens with zero attached hydrogens (tertiary/aromatic N) is 1. The van der Waals surface area contributed by atoms with Gasteiger partial charge in [0.05, 0.1) is 20.8 Å². The highest BCUT2D eigenvalue weighted by molar-refractivity contribution is 9.10. The molecule has 0 aliphatic carbocycles. The fourth-order valence-corrected chi connectivity index (χ4v) is 4.15. The van der Waals surface area contributed by atoms with Crippen LogP contribution in [0.15, 0.2) is 33.4 Å². The number of carbonyl (C=O) groups excluding carboxylic acids is 1. The van der Waals surface area contributed by atoms with Gasteiger partial charge in [-0.05, 0) is 60.2 Å². The first-order valence-corrected chi connectivity index (χ1v) is 9.97. The van der Waals surface area contributed by atoms with Crippen molar-refractivity contribution in [2.75, 3.05) is 34.4 Å². The predicted molar refractivity (Wildman–Crippen MR) is 112 cm³/mol. The summed E-state index contributed by atoms with van der Waals surface area (Å²) in [6, 6.07) is 4.86. The molecule has 3 rings (SSSR count). The molecule has 1 aliphatic heterocycles. The molecule has 2 aromatic rings. The van der Waals surface area contributed by atoms with E-state index in [1.54, 1.807) is 18.2 Å². The van der Waals surface area contributed by atoms with Crippen LogP contribution in [0.4, 0.5) is 0 Å². The third-order valence-electron chi connectivity index (χ3n) is 5.33. The molecule has 2 N–H and O–H groups in total. The van der Waals surface area contributed by atoms with E-state index in [0.717, 1.165) is 13.0 Å². The zero-order valence-electron chi connectivity index (χ0n) is 16.5. The van der Waals surface area contributed by atoms with E-state index in [-0.39, 0.29) is 35.6 Å². The number of aliphatic hydroxyl groups is 1. The summed E-state index contributed by atoms with van der Waals surface area (Å²) < 4.78 is 16.8. The van der Waals surface area contributed by atoms with Gasteiger partial charge in [-0.1, -0.05) is 0 Å². The lowest BCUT2D eigenvalue weighted by Gasteiger charge is -2.26. The predicted octanol–water partition coefficient (Wildman–Crippen LogP) is 3.44. The largest absolute Gasteiger partial charge is 0.507 e. The quantitative estimate of drug-likeness (QED) is 0.477. The summed E-state index contributed by atoms with van der Waals surface area (Å²) in [5.41, 5.74) is 0.561. The lowest BCUT2D eigenvalue weighted by Crippen LogP contribution is -2.32. The van der Waals surface area contributed by atoms with Crippen LogP contribution in [-0.2, 0) is 0 Å². The van der Waals surface area contributed by atoms with Crippen LogP contribution in [0.5, 0.6) is 17.2 Å². The van der Waals surface area contributed by atoms with Gasteiger partial charge in [-0.25, -0.2) is 0 Å². The van der Waals surface area contributed by atoms with Crippen LogP contribution in [0.2, 0.25) is 0 Å². The first kappa shape index (κ1) is 21.4. The number of aromatic hydroxyl groups is 1. The number of halogens is 1. The second-order valence-electron chi connectivity index (χ2n) is 6.88. The standard InChI is InChI=1S/C21H24BrNO6/c1-23-9-8-13(14(23)11-24)19-16(27-2)10-17(28-3)20(21(19)26)15(25)6-4-12-5-7-18(22)29-12/h4-7,10,13-14,24,26H,8-9,11H2,1-3H3. The number of phenols is 1. The molecule has 1 aromatic carbocycles. The molecule has 1 saturated heterocycles. The van der Waals surface area contributed by atoms with E-state index in [9.17, 15) is 15.0 Å². The van der Waals surface area contributed by atoms with Crippen molar-refractivity contribution in [3.63, 3.8) is 0 Å². The van der Waals surface area contributed by atoms with Gasteiger partial charge < -0.3 is 29.0 Å². The molecule has 0 amide bonds. The highest BCUT2D eigenvalue weighted by Gasteiger charge is 2.37. The fourth-order valence-electron chi connectivity index (χ4n) is 3.83. The van der Waals surface area contributed by atoms with Crippen molar-refractivity contribution in [2.24, 2.45) is 0 Å². The number of likely N-dealkylation sites (tertiary alicyclic amines) is 1. The van der Waals surface area contributed by atoms with E-state index in [1.165, 1.54) is 26.4 Å². The Morgan fingerprint density at radius 1 is 1.34 bits per heavy atom. The molecule has 0 saturated carbocycles. The third kappa shape index (κ3) is 4.19. The van der Waals surface area contributed by atoms with E-state index in [4.69, 9.17) is 13.9 Å². The van der Waals surface area contributed by atoms with Gasteiger partial charge in [0.25, 0.3) is 0 Å². The SMILES string of the molecule is COc1cc(OC)c(C2CCN(C)C2CO)c(O)c1C(=O)C=Cc1ccc(Br)o1. The maximum atomic E-state index is 12.9. The maximum Gasteiger partial charge on any atom is 0.193 e. The van der Waals surface area contributed by atoms with Gasteiger partial charge in [0.1, 0.15) is 28.6 Å². The van der Waals surface area contributed by atoms with E-state index < -0.39 is 5.78 Å². The number of phenolic OH excluding ortho intramolecular Hbond substituents is 1. The molecule has 2 heterocycles. The Morgan fingerprint density at radius 2 is 2.07 bits per heavy atom. The molecule has 0 bridgehead atoms. The van der Waals surface area contributed by atoms with Gasteiger partial charge in [-0.2, -0.15) is 0 Å². The molecule has 1 fully saturated rings. The molecule has 1 aliphatic rings. The summed E-state index contributed by atoms with van der Waals surface area (Å²) in [7, 11) is 4.85. The molecule has 7 nitrogen and oxygen atoms in total. The van der Waals surface area contributed by atoms with Crippen LogP contribution >= 0.6 is 15.9 Å². The van der Waals surface area contributed by atoms with Crippen molar-refractivity contribution in [2.45, 2.75) is 18.4 Å². The first-order valence-electron chi connectivity index (χ1n) is 9.17. The smallest absolute Gasteiger partial charge is 0.193 e. The number of furan rings is 1. The highest BCUT2D eigenvalue weighted by Crippen LogP contribution is 2.47. The summed E-state index contributed by atoms with van der Waals surface area (Å²) in [6.07, 6.45) is 3.57. The number of hydrogen-bond donors (Lipinski definition) is 2. The van der Waals surface area contributed by atoms with Gasteiger partial charge in [0, 0.05) is 23.6 Å². The number of likely N-dealkylation sites (N-methyl/N-ethyl adjacent to an activating group) is 1. The molecule has 29 heavy (non-hydrogen) atoms. The number of allylic oxidation sites excluding steroid dienone is 1. The molecule has 0 spiro atoms. The minimum Gasteiger partial charge on any atom is -0.507 e. The van der Waals surface area contributed by atoms with E-state index in [2.05, 4.69) is 15.9 Å². The van der Waals surface area contributed by atoms with Crippen LogP contribution in [0.25, 0.3) is 6.08 Å². The number of benzene rings is 1. The Balaban J connectivity index is 2.06. The van der Waals surface area contributed by atoms with Crippen molar-refractivity contribution in [1.29, 1.82) is 0 Å². The summed E-state index contributed by atoms with van der Waals surface area (Å²) in [5.74, 6) is 0.342. The van der Waals surface area contributed by atoms with Gasteiger partial charge in [-0.15, -0.1) is 0 Å². The summed E-state index contributed by atoms with van der Waals surface area (Å²) >= 11 is 3.22. The number of rotatable bonds is 7. The second kappa shape index (κ2) is 9.02. The lowest BCUT2D eigenvalue weighted by atomic mass is 9.88. The van der Waals surface area contributed by atoms with Gasteiger partial charge in [-0.3, -0.25) is 4.79 Å². The molecule has 2 atom stereocenters. The normalized spacial score (nSPS) is 19.8. The Bertz CT molecular complexity index is 922. The van der Waals surface area contributed by atoms with Crippen molar-refractivity contribution >= 4 is 27.8 Å². The number of aliphatic hydroxyl groups excluding tert-OH is 1. The van der Waals surface area contributed by atoms with E-state index in [1.807, 2.05) is 11.9 Å². The van der Waals surface area contributed by atoms with Crippen LogP contribution in [0.1, 0.15) is 34.0 Å². The minimum absolute atomic E-state index is 0.0522. The van der Waals surface area contributed by atoms with Crippen molar-refractivity contribution in [3.05, 3.63) is 45.8 Å². The number of ether oxygens (including phenoxy) is 2. The topological polar surface area (TPSA) is 92.4 Å². The zero-order chi connectivity index (χ0) is 21.1. The third-order valence-corrected chi connectivity index (χ3v) is 5.75. The first-order chi connectivity index (χ1) is 13.9. The molecule has 1 aromatic heterocycles. The molecule has 0 radical (unpaired) electrons. The van der Waals surface area contributed by atoms with E-state index >= 15 is 0 Å². The number of hydrogen-bond acceptors (Lipinski definition) is 7. The average Bonchev–Trinajstić information content (AvgIpc) is 3.29. The van der Waals surface area contributed by atoms with E-state index in [0.29, 0.717) is 21.7 Å². The summed E-state index contributed by atoms with van der Waals surface area (Å²) in [4.78, 5) is 15.0. The van der Waals surface area contributed by atoms with Gasteiger partial charge in [0.2, 0.25) is 0 Å². The molecule has 8 heteroatoms. The van der Waals surface area contributed by atoms with Crippen LogP contribution in [-0.4, -0.2) is 61.4 Å². The van der Waals surface area contributed by atoms with Gasteiger partial charge in [0.15, 0.2) is 10.5 Å². The van der Waals surface area contributed by atoms with Crippen molar-refractivity contribution in [3.8, 4) is 17.2 Å². The monoisotopic (exact) mass is 465 g/mol. The van der Waals surface area contributed by atoms with Crippen LogP contribution in [0, 0.1) is 0 Å². The van der Waals surface area contributed by atoms with Crippen molar-refractivity contribution in [1.82, 2.24) is 4.90 Å². The summed E-state index contributed by atoms with van der Waals surface area (Å²) in [6.45, 7) is 0.702. The van der Waals surface area contributed by atoms with Crippen LogP contribution < -0.4 is 9.47 Å². The molecule has 2 unspecified atom stereocenters. The van der Waals surface area contributed by atoms with Crippen LogP contribution in [0.3, 0.4) is 0 Å². The Morgan fingerprint density at radius 3 is 2.66 bits per heavy atom. The highest BCUT2D eigenvalue weighted by atomic mass is 79.9. The summed E-state index contributed by atoms with van der Waals surface area (Å²) in [5, 5.41) is 20.9. The average molecular weight is 466 g/mol. The number of methoxy groups -OCH3 is 2. The number of carbonyl (C=O) groups is 1. The molecule has 156 valence electrons. The van der Waals surface area contributed by atoms with Gasteiger partial charge >= 0.3 is 0 Å². The Hall–Kier alpha value is -2.29. The van der Waals surface area contributed by atoms with Crippen molar-refractivity contribution < 1.29 is 28.9 Å². The number of ketones is 1. The fraction of sp³-hybridized carbons (Fsp3) is 0.381. The zero-order valence-corrected chi connectivity index (χ0v) is 18.1. The Labute approximate surface area is 177 Å². The maximum absolute atomic E-state index is 12.9. The Kier molecular flexibility index (Phi) is 6.66. The molecular formula is C21H24BrNO6. The minimum atomic E-state index is -0.428. The molecular weight excluding hydrogens is 442 g/mol. The second-order valence-corrected chi connectivity index (χ2v) is 7.67.